The highest BCUT2D eigenvalue weighted by Gasteiger charge is 2.52. The molecule has 3 rings (SSSR count). The summed E-state index contributed by atoms with van der Waals surface area (Å²) in [5, 5.41) is 3.29. The summed E-state index contributed by atoms with van der Waals surface area (Å²) in [6.45, 7) is 3.58. The summed E-state index contributed by atoms with van der Waals surface area (Å²) in [5.41, 5.74) is 1.30. The minimum Gasteiger partial charge on any atom is -0.465 e. The Hall–Kier alpha value is -3.13. The second kappa shape index (κ2) is 9.38. The van der Waals surface area contributed by atoms with Gasteiger partial charge in [0.2, 0.25) is 0 Å². The monoisotopic (exact) mass is 397 g/mol. The lowest BCUT2D eigenvalue weighted by Gasteiger charge is -2.39. The summed E-state index contributed by atoms with van der Waals surface area (Å²) in [4.78, 5) is 47.0. The number of hydrogen-bond donors (Lipinski definition) is 1. The number of Topliss-reactive ketones (excluding diaryl/α,β-unsaturated/α-hetero) is 1. The van der Waals surface area contributed by atoms with Crippen molar-refractivity contribution in [3.8, 4) is 0 Å². The number of piperidine rings is 1. The number of ether oxygens (including phenoxy) is 2. The van der Waals surface area contributed by atoms with Crippen LogP contribution in [0.4, 0.5) is 0 Å². The van der Waals surface area contributed by atoms with Crippen LogP contribution in [0, 0.1) is 11.8 Å². The maximum absolute atomic E-state index is 13.4. The fourth-order valence-electron chi connectivity index (χ4n) is 3.57. The van der Waals surface area contributed by atoms with E-state index in [9.17, 15) is 14.4 Å². The lowest BCUT2D eigenvalue weighted by molar-refractivity contribution is -0.162. The molecule has 0 bridgehead atoms. The molecule has 1 aliphatic heterocycles. The van der Waals surface area contributed by atoms with Crippen LogP contribution in [-0.2, 0) is 23.9 Å². The van der Waals surface area contributed by atoms with E-state index < -0.39 is 41.6 Å². The number of carbonyl (C=O) groups excluding carboxylic acids is 3. The quantitative estimate of drug-likeness (QED) is 0.581. The zero-order valence-corrected chi connectivity index (χ0v) is 16.3. The molecule has 0 amide bonds. The average Bonchev–Trinajstić information content (AvgIpc) is 2.74. The SMILES string of the molecule is CCOC(=O)[C@H]1C(=O)[C@@H](C(=O)OCC)[C@H](c2cccnc2)N[C@@H]1c1cccnc1. The lowest BCUT2D eigenvalue weighted by atomic mass is 9.75. The van der Waals surface area contributed by atoms with Crippen molar-refractivity contribution < 1.29 is 23.9 Å². The normalized spacial score (nSPS) is 24.0. The average molecular weight is 397 g/mol. The molecule has 8 heteroatoms. The number of aromatic nitrogens is 2. The molecule has 0 spiro atoms. The van der Waals surface area contributed by atoms with Gasteiger partial charge in [0, 0.05) is 24.8 Å². The first-order valence-electron chi connectivity index (χ1n) is 9.51. The molecule has 0 radical (unpaired) electrons. The number of carbonyl (C=O) groups is 3. The van der Waals surface area contributed by atoms with Gasteiger partial charge in [-0.25, -0.2) is 0 Å². The summed E-state index contributed by atoms with van der Waals surface area (Å²) in [5.74, 6) is -4.29. The van der Waals surface area contributed by atoms with Gasteiger partial charge in [0.15, 0.2) is 5.78 Å². The number of rotatable bonds is 6. The number of esters is 2. The van der Waals surface area contributed by atoms with Crippen LogP contribution < -0.4 is 5.32 Å². The first kappa shape index (κ1) is 20.6. The molecule has 29 heavy (non-hydrogen) atoms. The van der Waals surface area contributed by atoms with E-state index in [1.807, 2.05) is 0 Å². The second-order valence-corrected chi connectivity index (χ2v) is 6.56. The Morgan fingerprint density at radius 2 is 1.34 bits per heavy atom. The van der Waals surface area contributed by atoms with Crippen LogP contribution in [-0.4, -0.2) is 40.9 Å². The molecule has 4 atom stereocenters. The highest BCUT2D eigenvalue weighted by molar-refractivity contribution is 6.10. The van der Waals surface area contributed by atoms with Gasteiger partial charge in [0.25, 0.3) is 0 Å². The van der Waals surface area contributed by atoms with Crippen LogP contribution in [0.5, 0.6) is 0 Å². The number of nitrogens with one attached hydrogen (secondary N) is 1. The third-order valence-corrected chi connectivity index (χ3v) is 4.81. The van der Waals surface area contributed by atoms with E-state index in [1.54, 1.807) is 62.9 Å². The minimum absolute atomic E-state index is 0.123. The Morgan fingerprint density at radius 3 is 1.69 bits per heavy atom. The van der Waals surface area contributed by atoms with Crippen molar-refractivity contribution in [3.63, 3.8) is 0 Å². The molecular weight excluding hydrogens is 374 g/mol. The van der Waals surface area contributed by atoms with Crippen LogP contribution >= 0.6 is 0 Å². The number of ketones is 1. The topological polar surface area (TPSA) is 107 Å². The van der Waals surface area contributed by atoms with Gasteiger partial charge in [-0.15, -0.1) is 0 Å². The van der Waals surface area contributed by atoms with Crippen molar-refractivity contribution in [2.24, 2.45) is 11.8 Å². The van der Waals surface area contributed by atoms with Gasteiger partial charge < -0.3 is 14.8 Å². The molecular formula is C21H23N3O5. The van der Waals surface area contributed by atoms with Crippen LogP contribution in [0.1, 0.15) is 37.1 Å². The maximum atomic E-state index is 13.4. The lowest BCUT2D eigenvalue weighted by Crippen LogP contribution is -2.54. The zero-order chi connectivity index (χ0) is 20.8. The molecule has 1 N–H and O–H groups in total. The highest BCUT2D eigenvalue weighted by atomic mass is 16.5. The Kier molecular flexibility index (Phi) is 6.66. The van der Waals surface area contributed by atoms with E-state index >= 15 is 0 Å². The summed E-state index contributed by atoms with van der Waals surface area (Å²) < 4.78 is 10.3. The van der Waals surface area contributed by atoms with E-state index in [0.29, 0.717) is 11.1 Å². The van der Waals surface area contributed by atoms with Crippen molar-refractivity contribution in [1.82, 2.24) is 15.3 Å². The van der Waals surface area contributed by atoms with Crippen molar-refractivity contribution in [2.75, 3.05) is 13.2 Å². The summed E-state index contributed by atoms with van der Waals surface area (Å²) in [6.07, 6.45) is 6.38. The van der Waals surface area contributed by atoms with Crippen LogP contribution in [0.15, 0.2) is 49.1 Å². The summed E-state index contributed by atoms with van der Waals surface area (Å²) in [6, 6.07) is 5.59. The van der Waals surface area contributed by atoms with Gasteiger partial charge in [-0.2, -0.15) is 0 Å². The largest absolute Gasteiger partial charge is 0.465 e. The molecule has 0 aliphatic carbocycles. The molecule has 2 aromatic rings. The standard InChI is InChI=1S/C21H23N3O5/c1-3-28-20(26)15-17(13-7-5-9-22-11-13)24-18(14-8-6-10-23-12-14)16(19(15)25)21(27)29-4-2/h5-12,15-18,24H,3-4H2,1-2H3/t15-,16+,17-,18+. The van der Waals surface area contributed by atoms with Crippen LogP contribution in [0.25, 0.3) is 0 Å². The van der Waals surface area contributed by atoms with Crippen LogP contribution in [0.3, 0.4) is 0 Å². The van der Waals surface area contributed by atoms with Crippen molar-refractivity contribution in [3.05, 3.63) is 60.2 Å². The molecule has 2 aromatic heterocycles. The van der Waals surface area contributed by atoms with Gasteiger partial charge in [-0.3, -0.25) is 24.4 Å². The summed E-state index contributed by atoms with van der Waals surface area (Å²) in [7, 11) is 0. The van der Waals surface area contributed by atoms with Gasteiger partial charge in [-0.1, -0.05) is 12.1 Å². The minimum atomic E-state index is -1.19. The van der Waals surface area contributed by atoms with Crippen molar-refractivity contribution in [1.29, 1.82) is 0 Å². The molecule has 1 aliphatic rings. The van der Waals surface area contributed by atoms with Gasteiger partial charge >= 0.3 is 11.9 Å². The third kappa shape index (κ3) is 4.32. The van der Waals surface area contributed by atoms with E-state index in [1.165, 1.54) is 0 Å². The molecule has 152 valence electrons. The van der Waals surface area contributed by atoms with Gasteiger partial charge in [-0.05, 0) is 37.1 Å². The number of hydrogen-bond acceptors (Lipinski definition) is 8. The zero-order valence-electron chi connectivity index (χ0n) is 16.3. The maximum Gasteiger partial charge on any atom is 0.318 e. The van der Waals surface area contributed by atoms with E-state index in [-0.39, 0.29) is 13.2 Å². The van der Waals surface area contributed by atoms with Crippen molar-refractivity contribution >= 4 is 17.7 Å². The number of pyridine rings is 2. The highest BCUT2D eigenvalue weighted by Crippen LogP contribution is 2.39. The smallest absolute Gasteiger partial charge is 0.318 e. The first-order chi connectivity index (χ1) is 14.1. The summed E-state index contributed by atoms with van der Waals surface area (Å²) >= 11 is 0. The van der Waals surface area contributed by atoms with Gasteiger partial charge in [0.05, 0.1) is 25.3 Å². The van der Waals surface area contributed by atoms with Crippen molar-refractivity contribution in [2.45, 2.75) is 25.9 Å². The fraction of sp³-hybridized carbons (Fsp3) is 0.381. The van der Waals surface area contributed by atoms with E-state index in [4.69, 9.17) is 9.47 Å². The van der Waals surface area contributed by atoms with Crippen LogP contribution in [0.2, 0.25) is 0 Å². The molecule has 1 saturated heterocycles. The Bertz CT molecular complexity index is 790. The number of nitrogens with zero attached hydrogens (tertiary/aromatic N) is 2. The molecule has 8 nitrogen and oxygen atoms in total. The Labute approximate surface area is 168 Å². The van der Waals surface area contributed by atoms with Gasteiger partial charge in [0.1, 0.15) is 11.8 Å². The third-order valence-electron chi connectivity index (χ3n) is 4.81. The molecule has 0 aromatic carbocycles. The van der Waals surface area contributed by atoms with E-state index in [2.05, 4.69) is 15.3 Å². The molecule has 3 heterocycles. The predicted octanol–water partition coefficient (Wildman–Crippen LogP) is 1.79. The molecule has 0 unspecified atom stereocenters. The first-order valence-corrected chi connectivity index (χ1v) is 9.51. The second-order valence-electron chi connectivity index (χ2n) is 6.56. The van der Waals surface area contributed by atoms with E-state index in [0.717, 1.165) is 0 Å². The Balaban J connectivity index is 2.08. The molecule has 0 saturated carbocycles. The Morgan fingerprint density at radius 1 is 0.897 bits per heavy atom. The predicted molar refractivity (Wildman–Crippen MR) is 102 cm³/mol. The fourth-order valence-corrected chi connectivity index (χ4v) is 3.57. The molecule has 1 fully saturated rings.